The van der Waals surface area contributed by atoms with E-state index in [1.54, 1.807) is 7.11 Å². The smallest absolute Gasteiger partial charge is 0.152 e. The van der Waals surface area contributed by atoms with Crippen molar-refractivity contribution in [2.24, 2.45) is 5.73 Å². The molecule has 1 fully saturated rings. The zero-order chi connectivity index (χ0) is 12.4. The normalized spacial score (nSPS) is 30.8. The summed E-state index contributed by atoms with van der Waals surface area (Å²) in [7, 11) is 0.650. The first kappa shape index (κ1) is 13.9. The molecule has 16 heavy (non-hydrogen) atoms. The van der Waals surface area contributed by atoms with Gasteiger partial charge < -0.3 is 10.5 Å². The van der Waals surface area contributed by atoms with E-state index in [9.17, 15) is 8.42 Å². The average molecular weight is 250 g/mol. The molecule has 1 saturated heterocycles. The molecular formula is C10H22N2O3S. The quantitative estimate of drug-likeness (QED) is 0.710. The molecule has 0 aromatic carbocycles. The number of rotatable bonds is 5. The lowest BCUT2D eigenvalue weighted by Crippen LogP contribution is -2.57. The molecule has 0 saturated carbocycles. The lowest BCUT2D eigenvalue weighted by atomic mass is 9.95. The molecule has 2 unspecified atom stereocenters. The molecule has 1 rings (SSSR count). The van der Waals surface area contributed by atoms with Crippen molar-refractivity contribution in [1.29, 1.82) is 0 Å². The summed E-state index contributed by atoms with van der Waals surface area (Å²) >= 11 is 0. The lowest BCUT2D eigenvalue weighted by Gasteiger charge is -2.40. The molecule has 1 aliphatic heterocycles. The van der Waals surface area contributed by atoms with Gasteiger partial charge in [-0.05, 0) is 20.4 Å². The minimum Gasteiger partial charge on any atom is -0.383 e. The van der Waals surface area contributed by atoms with Gasteiger partial charge in [-0.3, -0.25) is 4.90 Å². The molecule has 2 N–H and O–H groups in total. The summed E-state index contributed by atoms with van der Waals surface area (Å²) in [5.74, 6) is 0.412. The Morgan fingerprint density at radius 3 is 2.56 bits per heavy atom. The van der Waals surface area contributed by atoms with Gasteiger partial charge in [0.15, 0.2) is 9.84 Å². The van der Waals surface area contributed by atoms with Gasteiger partial charge in [-0.2, -0.15) is 0 Å². The molecule has 1 aliphatic rings. The summed E-state index contributed by atoms with van der Waals surface area (Å²) in [5.41, 5.74) is 5.37. The fourth-order valence-electron chi connectivity index (χ4n) is 2.30. The van der Waals surface area contributed by atoms with E-state index in [2.05, 4.69) is 4.90 Å². The van der Waals surface area contributed by atoms with Gasteiger partial charge in [0.2, 0.25) is 0 Å². The molecule has 0 amide bonds. The van der Waals surface area contributed by atoms with Crippen LogP contribution in [0.4, 0.5) is 0 Å². The maximum absolute atomic E-state index is 11.6. The van der Waals surface area contributed by atoms with Crippen LogP contribution in [0.5, 0.6) is 0 Å². The highest BCUT2D eigenvalue weighted by Gasteiger charge is 2.45. The fraction of sp³-hybridized carbons (Fsp3) is 1.00. The summed E-state index contributed by atoms with van der Waals surface area (Å²) in [6.07, 6.45) is 0.621. The van der Waals surface area contributed by atoms with Crippen LogP contribution in [0.1, 0.15) is 13.3 Å². The third-order valence-corrected chi connectivity index (χ3v) is 5.37. The van der Waals surface area contributed by atoms with Crippen molar-refractivity contribution in [2.45, 2.75) is 24.9 Å². The average Bonchev–Trinajstić information content (AvgIpc) is 2.55. The van der Waals surface area contributed by atoms with Crippen LogP contribution in [0, 0.1) is 0 Å². The molecule has 0 aliphatic carbocycles. The van der Waals surface area contributed by atoms with E-state index in [1.165, 1.54) is 0 Å². The molecule has 96 valence electrons. The number of methoxy groups -OCH3 is 1. The second-order valence-corrected chi connectivity index (χ2v) is 6.87. The monoisotopic (exact) mass is 250 g/mol. The molecule has 0 aromatic heterocycles. The first-order valence-corrected chi connectivity index (χ1v) is 7.31. The first-order valence-electron chi connectivity index (χ1n) is 5.49. The van der Waals surface area contributed by atoms with Crippen molar-refractivity contribution in [3.8, 4) is 0 Å². The van der Waals surface area contributed by atoms with Crippen LogP contribution in [0.25, 0.3) is 0 Å². The number of nitrogens with zero attached hydrogens (tertiary/aromatic N) is 1. The molecule has 0 bridgehead atoms. The van der Waals surface area contributed by atoms with Crippen molar-refractivity contribution in [3.63, 3.8) is 0 Å². The number of hydrogen-bond acceptors (Lipinski definition) is 5. The number of hydrogen-bond donors (Lipinski definition) is 1. The van der Waals surface area contributed by atoms with E-state index in [0.29, 0.717) is 19.6 Å². The van der Waals surface area contributed by atoms with E-state index in [0.717, 1.165) is 0 Å². The number of ether oxygens (including phenoxy) is 1. The molecule has 0 radical (unpaired) electrons. The van der Waals surface area contributed by atoms with Crippen LogP contribution < -0.4 is 5.73 Å². The van der Waals surface area contributed by atoms with Crippen LogP contribution in [0.3, 0.4) is 0 Å². The SMILES string of the molecule is COCC(C)N(C)C1(CN)CCS(=O)(=O)C1. The Morgan fingerprint density at radius 1 is 1.56 bits per heavy atom. The Balaban J connectivity index is 2.82. The lowest BCUT2D eigenvalue weighted by molar-refractivity contribution is 0.0510. The van der Waals surface area contributed by atoms with Gasteiger partial charge in [0.05, 0.1) is 18.1 Å². The maximum Gasteiger partial charge on any atom is 0.152 e. The van der Waals surface area contributed by atoms with Crippen LogP contribution >= 0.6 is 0 Å². The van der Waals surface area contributed by atoms with Gasteiger partial charge in [0.1, 0.15) is 0 Å². The van der Waals surface area contributed by atoms with Crippen molar-refractivity contribution < 1.29 is 13.2 Å². The Labute approximate surface area is 97.9 Å². The molecule has 0 spiro atoms. The van der Waals surface area contributed by atoms with Crippen molar-refractivity contribution in [3.05, 3.63) is 0 Å². The minimum absolute atomic E-state index is 0.168. The van der Waals surface area contributed by atoms with Gasteiger partial charge in [0.25, 0.3) is 0 Å². The Bertz CT molecular complexity index is 331. The molecule has 6 heteroatoms. The zero-order valence-corrected chi connectivity index (χ0v) is 11.1. The molecule has 0 aromatic rings. The van der Waals surface area contributed by atoms with E-state index in [-0.39, 0.29) is 17.5 Å². The Kier molecular flexibility index (Phi) is 4.34. The maximum atomic E-state index is 11.6. The van der Waals surface area contributed by atoms with E-state index in [4.69, 9.17) is 10.5 Å². The predicted octanol–water partition coefficient (Wildman–Crippen LogP) is -0.531. The van der Waals surface area contributed by atoms with E-state index >= 15 is 0 Å². The summed E-state index contributed by atoms with van der Waals surface area (Å²) in [5, 5.41) is 0. The van der Waals surface area contributed by atoms with Gasteiger partial charge in [-0.25, -0.2) is 8.42 Å². The van der Waals surface area contributed by atoms with Gasteiger partial charge in [-0.15, -0.1) is 0 Å². The van der Waals surface area contributed by atoms with Gasteiger partial charge in [0, 0.05) is 25.2 Å². The van der Waals surface area contributed by atoms with Crippen LogP contribution in [0.15, 0.2) is 0 Å². The second kappa shape index (κ2) is 5.00. The number of sulfone groups is 1. The van der Waals surface area contributed by atoms with Crippen molar-refractivity contribution in [2.75, 3.05) is 38.8 Å². The summed E-state index contributed by atoms with van der Waals surface area (Å²) in [6, 6.07) is 0.168. The third kappa shape index (κ3) is 2.74. The van der Waals surface area contributed by atoms with E-state index in [1.807, 2.05) is 14.0 Å². The highest BCUT2D eigenvalue weighted by Crippen LogP contribution is 2.29. The zero-order valence-electron chi connectivity index (χ0n) is 10.3. The summed E-state index contributed by atoms with van der Waals surface area (Å²) in [4.78, 5) is 2.06. The molecule has 5 nitrogen and oxygen atoms in total. The fourth-order valence-corrected chi connectivity index (χ4v) is 4.42. The molecule has 2 atom stereocenters. The highest BCUT2D eigenvalue weighted by molar-refractivity contribution is 7.91. The van der Waals surface area contributed by atoms with Crippen LogP contribution in [0.2, 0.25) is 0 Å². The second-order valence-electron chi connectivity index (χ2n) is 4.69. The standard InChI is InChI=1S/C10H22N2O3S/c1-9(6-15-3)12(2)10(7-11)4-5-16(13,14)8-10/h9H,4-8,11H2,1-3H3. The summed E-state index contributed by atoms with van der Waals surface area (Å²) in [6.45, 7) is 2.97. The topological polar surface area (TPSA) is 72.6 Å². The van der Waals surface area contributed by atoms with Crippen LogP contribution in [-0.2, 0) is 14.6 Å². The number of nitrogens with two attached hydrogens (primary N) is 1. The van der Waals surface area contributed by atoms with Gasteiger partial charge in [-0.1, -0.05) is 0 Å². The predicted molar refractivity (Wildman–Crippen MR) is 64.2 cm³/mol. The van der Waals surface area contributed by atoms with Crippen LogP contribution in [-0.4, -0.2) is 63.7 Å². The first-order chi connectivity index (χ1) is 7.37. The van der Waals surface area contributed by atoms with Crippen molar-refractivity contribution in [1.82, 2.24) is 4.90 Å². The minimum atomic E-state index is -2.92. The Morgan fingerprint density at radius 2 is 2.19 bits per heavy atom. The number of likely N-dealkylation sites (N-methyl/N-ethyl adjacent to an activating group) is 1. The van der Waals surface area contributed by atoms with E-state index < -0.39 is 15.4 Å². The summed E-state index contributed by atoms with van der Waals surface area (Å²) < 4.78 is 28.2. The molecule has 1 heterocycles. The largest absolute Gasteiger partial charge is 0.383 e. The molecular weight excluding hydrogens is 228 g/mol. The highest BCUT2D eigenvalue weighted by atomic mass is 32.2. The van der Waals surface area contributed by atoms with Gasteiger partial charge >= 0.3 is 0 Å². The van der Waals surface area contributed by atoms with Crippen molar-refractivity contribution >= 4 is 9.84 Å². The third-order valence-electron chi connectivity index (χ3n) is 3.56. The Hall–Kier alpha value is -0.170.